The summed E-state index contributed by atoms with van der Waals surface area (Å²) >= 11 is 0. The van der Waals surface area contributed by atoms with Gasteiger partial charge in [-0.15, -0.1) is 0 Å². The molecular formula is C20H28N4O. The molecule has 0 aromatic heterocycles. The normalized spacial score (nSPS) is 31.6. The minimum absolute atomic E-state index is 0.0525. The van der Waals surface area contributed by atoms with Crippen LogP contribution >= 0.6 is 0 Å². The van der Waals surface area contributed by atoms with Crippen LogP contribution in [0.15, 0.2) is 42.1 Å². The molecule has 0 atom stereocenters. The van der Waals surface area contributed by atoms with Gasteiger partial charge < -0.3 is 15.5 Å². The zero-order chi connectivity index (χ0) is 17.5. The van der Waals surface area contributed by atoms with Crippen LogP contribution in [-0.2, 0) is 5.54 Å². The number of benzene rings is 1. The van der Waals surface area contributed by atoms with Crippen LogP contribution < -0.4 is 10.6 Å². The van der Waals surface area contributed by atoms with Gasteiger partial charge in [-0.3, -0.25) is 4.90 Å². The molecule has 2 amide bonds. The molecule has 5 heteroatoms. The van der Waals surface area contributed by atoms with Gasteiger partial charge in [0.15, 0.2) is 0 Å². The monoisotopic (exact) mass is 340 g/mol. The largest absolute Gasteiger partial charge is 0.387 e. The number of nitrogens with zero attached hydrogens (tertiary/aromatic N) is 2. The van der Waals surface area contributed by atoms with E-state index in [1.807, 2.05) is 11.1 Å². The summed E-state index contributed by atoms with van der Waals surface area (Å²) in [6.07, 6.45) is 6.22. The molecule has 2 N–H and O–H groups in total. The summed E-state index contributed by atoms with van der Waals surface area (Å²) in [5.41, 5.74) is 2.73. The molecule has 2 heterocycles. The van der Waals surface area contributed by atoms with E-state index < -0.39 is 0 Å². The third kappa shape index (κ3) is 2.80. The number of carbonyl (C=O) groups is 1. The van der Waals surface area contributed by atoms with Crippen molar-refractivity contribution in [1.82, 2.24) is 20.4 Å². The lowest BCUT2D eigenvalue weighted by atomic mass is 9.69. The predicted octanol–water partition coefficient (Wildman–Crippen LogP) is 2.27. The molecule has 1 aromatic rings. The van der Waals surface area contributed by atoms with E-state index in [2.05, 4.69) is 60.0 Å². The Kier molecular flexibility index (Phi) is 3.99. The molecule has 0 unspecified atom stereocenters. The van der Waals surface area contributed by atoms with Crippen molar-refractivity contribution in [3.8, 4) is 0 Å². The molecular weight excluding hydrogens is 312 g/mol. The van der Waals surface area contributed by atoms with Crippen molar-refractivity contribution in [2.24, 2.45) is 0 Å². The van der Waals surface area contributed by atoms with Gasteiger partial charge in [-0.05, 0) is 57.1 Å². The van der Waals surface area contributed by atoms with Crippen molar-refractivity contribution >= 4 is 6.03 Å². The smallest absolute Gasteiger partial charge is 0.318 e. The van der Waals surface area contributed by atoms with Crippen LogP contribution in [0, 0.1) is 0 Å². The molecule has 1 aliphatic carbocycles. The van der Waals surface area contributed by atoms with Crippen molar-refractivity contribution in [3.05, 3.63) is 47.7 Å². The van der Waals surface area contributed by atoms with Crippen molar-refractivity contribution in [1.29, 1.82) is 0 Å². The van der Waals surface area contributed by atoms with E-state index >= 15 is 0 Å². The molecule has 2 fully saturated rings. The van der Waals surface area contributed by atoms with Crippen LogP contribution in [0.1, 0.15) is 31.2 Å². The maximum Gasteiger partial charge on any atom is 0.318 e. The maximum atomic E-state index is 12.4. The Morgan fingerprint density at radius 1 is 1.12 bits per heavy atom. The summed E-state index contributed by atoms with van der Waals surface area (Å²) in [5.74, 6) is 0. The number of hydrogen-bond acceptors (Lipinski definition) is 3. The van der Waals surface area contributed by atoms with Gasteiger partial charge >= 0.3 is 6.03 Å². The summed E-state index contributed by atoms with van der Waals surface area (Å²) < 4.78 is 0. The fraction of sp³-hybridized carbons (Fsp3) is 0.550. The van der Waals surface area contributed by atoms with Crippen molar-refractivity contribution in [2.45, 2.75) is 36.8 Å². The molecule has 3 aliphatic rings. The van der Waals surface area contributed by atoms with E-state index in [0.29, 0.717) is 0 Å². The van der Waals surface area contributed by atoms with Crippen LogP contribution in [0.25, 0.3) is 0 Å². The number of hydrogen-bond donors (Lipinski definition) is 2. The van der Waals surface area contributed by atoms with Crippen molar-refractivity contribution in [3.63, 3.8) is 0 Å². The Bertz CT molecular complexity index is 674. The van der Waals surface area contributed by atoms with Gasteiger partial charge in [0.05, 0.1) is 5.54 Å². The van der Waals surface area contributed by atoms with E-state index in [0.717, 1.165) is 45.3 Å². The van der Waals surface area contributed by atoms with E-state index in [1.54, 1.807) is 0 Å². The van der Waals surface area contributed by atoms with Crippen molar-refractivity contribution < 1.29 is 4.79 Å². The molecule has 5 nitrogen and oxygen atoms in total. The highest BCUT2D eigenvalue weighted by molar-refractivity contribution is 5.78. The minimum atomic E-state index is -0.0525. The molecule has 1 saturated carbocycles. The molecule has 0 radical (unpaired) electrons. The number of urea groups is 1. The van der Waals surface area contributed by atoms with E-state index in [1.165, 1.54) is 11.1 Å². The summed E-state index contributed by atoms with van der Waals surface area (Å²) in [7, 11) is 4.36. The third-order valence-corrected chi connectivity index (χ3v) is 6.38. The van der Waals surface area contributed by atoms with Crippen LogP contribution in [-0.4, -0.2) is 55.1 Å². The van der Waals surface area contributed by atoms with Crippen LogP contribution in [0.2, 0.25) is 0 Å². The minimum Gasteiger partial charge on any atom is -0.387 e. The summed E-state index contributed by atoms with van der Waals surface area (Å²) in [4.78, 5) is 16.8. The Labute approximate surface area is 150 Å². The number of nitrogens with one attached hydrogen (secondary N) is 2. The summed E-state index contributed by atoms with van der Waals surface area (Å²) in [6, 6.07) is 10.9. The molecule has 4 rings (SSSR count). The summed E-state index contributed by atoms with van der Waals surface area (Å²) in [6.45, 7) is 2.51. The van der Waals surface area contributed by atoms with Crippen LogP contribution in [0.5, 0.6) is 0 Å². The molecule has 1 aromatic carbocycles. The number of carbonyl (C=O) groups excluding carboxylic acids is 1. The first kappa shape index (κ1) is 16.5. The maximum absolute atomic E-state index is 12.4. The molecule has 134 valence electrons. The number of rotatable bonds is 4. The first-order valence-corrected chi connectivity index (χ1v) is 9.24. The highest BCUT2D eigenvalue weighted by Crippen LogP contribution is 2.45. The second kappa shape index (κ2) is 6.06. The Balaban J connectivity index is 1.49. The van der Waals surface area contributed by atoms with Gasteiger partial charge in [-0.1, -0.05) is 30.3 Å². The van der Waals surface area contributed by atoms with Gasteiger partial charge in [0.25, 0.3) is 0 Å². The van der Waals surface area contributed by atoms with Gasteiger partial charge in [0, 0.05) is 25.2 Å². The lowest BCUT2D eigenvalue weighted by Crippen LogP contribution is -2.54. The Morgan fingerprint density at radius 3 is 2.36 bits per heavy atom. The molecule has 25 heavy (non-hydrogen) atoms. The standard InChI is InChI=1S/C20H28N4O/c1-23(2)20(17-6-4-3-5-7-17)10-8-19(9-11-20)15-24(18(25)22-19)14-16-12-21-13-16/h3-7,12,21H,8-11,13-15H2,1-2H3,(H,22,25)/t19-,20+. The average Bonchev–Trinajstić information content (AvgIpc) is 2.88. The zero-order valence-electron chi connectivity index (χ0n) is 15.2. The fourth-order valence-corrected chi connectivity index (χ4v) is 4.67. The zero-order valence-corrected chi connectivity index (χ0v) is 15.2. The summed E-state index contributed by atoms with van der Waals surface area (Å²) in [5, 5.41) is 6.46. The topological polar surface area (TPSA) is 47.6 Å². The average molecular weight is 340 g/mol. The van der Waals surface area contributed by atoms with Crippen molar-refractivity contribution in [2.75, 3.05) is 33.7 Å². The highest BCUT2D eigenvalue weighted by atomic mass is 16.2. The number of amides is 2. The first-order valence-electron chi connectivity index (χ1n) is 9.24. The SMILES string of the molecule is CN(C)[C@]1(c2ccccc2)CC[C@]2(CC1)CN(CC1=CNC1)C(=O)N2. The molecule has 1 saturated heterocycles. The second-order valence-electron chi connectivity index (χ2n) is 8.04. The van der Waals surface area contributed by atoms with Crippen LogP contribution in [0.3, 0.4) is 0 Å². The molecule has 0 bridgehead atoms. The van der Waals surface area contributed by atoms with Gasteiger partial charge in [0.2, 0.25) is 0 Å². The molecule has 1 spiro atoms. The lowest BCUT2D eigenvalue weighted by Gasteiger charge is -2.48. The fourth-order valence-electron chi connectivity index (χ4n) is 4.67. The lowest BCUT2D eigenvalue weighted by molar-refractivity contribution is 0.0622. The molecule has 2 aliphatic heterocycles. The van der Waals surface area contributed by atoms with Gasteiger partial charge in [-0.25, -0.2) is 4.79 Å². The second-order valence-corrected chi connectivity index (χ2v) is 8.04. The highest BCUT2D eigenvalue weighted by Gasteiger charge is 2.50. The van der Waals surface area contributed by atoms with E-state index in [4.69, 9.17) is 0 Å². The van der Waals surface area contributed by atoms with Gasteiger partial charge in [0.1, 0.15) is 0 Å². The van der Waals surface area contributed by atoms with Crippen LogP contribution in [0.4, 0.5) is 4.79 Å². The van der Waals surface area contributed by atoms with E-state index in [-0.39, 0.29) is 17.1 Å². The van der Waals surface area contributed by atoms with Gasteiger partial charge in [-0.2, -0.15) is 0 Å². The third-order valence-electron chi connectivity index (χ3n) is 6.38. The van der Waals surface area contributed by atoms with E-state index in [9.17, 15) is 4.79 Å². The first-order chi connectivity index (χ1) is 12.0. The predicted molar refractivity (Wildman–Crippen MR) is 99.2 cm³/mol. The quantitative estimate of drug-likeness (QED) is 0.884. The Hall–Kier alpha value is -2.01. The Morgan fingerprint density at radius 2 is 1.80 bits per heavy atom.